The highest BCUT2D eigenvalue weighted by atomic mass is 16.6. The molecule has 0 amide bonds. The average Bonchev–Trinajstić information content (AvgIpc) is 2.70. The Balaban J connectivity index is 2.48. The molecule has 0 aliphatic carbocycles. The van der Waals surface area contributed by atoms with Gasteiger partial charge in [-0.2, -0.15) is 0 Å². The molecule has 0 bridgehead atoms. The lowest BCUT2D eigenvalue weighted by molar-refractivity contribution is 0.414. The molecular weight excluding hydrogens is 136 g/mol. The third kappa shape index (κ3) is 1.16. The second-order valence-electron chi connectivity index (χ2n) is 3.13. The second kappa shape index (κ2) is 2.35. The summed E-state index contributed by atoms with van der Waals surface area (Å²) < 4.78 is 5.26. The molecule has 1 heteroatoms. The Morgan fingerprint density at radius 2 is 1.82 bits per heavy atom. The quantitative estimate of drug-likeness (QED) is 0.557. The molecule has 1 aromatic carbocycles. The van der Waals surface area contributed by atoms with Crippen molar-refractivity contribution in [3.05, 3.63) is 34.9 Å². The molecule has 0 aromatic heterocycles. The number of rotatable bonds is 1. The fraction of sp³-hybridized carbons (Fsp3) is 0.400. The van der Waals surface area contributed by atoms with Gasteiger partial charge in [0, 0.05) is 0 Å². The van der Waals surface area contributed by atoms with E-state index in [0.29, 0.717) is 6.10 Å². The number of ether oxygens (including phenoxy) is 1. The highest BCUT2D eigenvalue weighted by molar-refractivity contribution is 5.36. The van der Waals surface area contributed by atoms with Crippen LogP contribution in [-0.4, -0.2) is 6.61 Å². The summed E-state index contributed by atoms with van der Waals surface area (Å²) in [6, 6.07) is 6.38. The van der Waals surface area contributed by atoms with Crippen LogP contribution in [0, 0.1) is 13.8 Å². The maximum Gasteiger partial charge on any atom is 0.106 e. The van der Waals surface area contributed by atoms with Crippen LogP contribution in [0.5, 0.6) is 0 Å². The van der Waals surface area contributed by atoms with Gasteiger partial charge >= 0.3 is 0 Å². The van der Waals surface area contributed by atoms with E-state index in [4.69, 9.17) is 4.74 Å². The zero-order chi connectivity index (χ0) is 7.84. The van der Waals surface area contributed by atoms with Crippen molar-refractivity contribution >= 4 is 0 Å². The van der Waals surface area contributed by atoms with Crippen molar-refractivity contribution in [2.75, 3.05) is 6.61 Å². The van der Waals surface area contributed by atoms with Gasteiger partial charge in [0.1, 0.15) is 6.10 Å². The molecular formula is C10H12O. The second-order valence-corrected chi connectivity index (χ2v) is 3.13. The standard InChI is InChI=1S/C10H12O/c1-7-4-3-5-8(2)10(7)9-6-11-9/h3-5,9H,6H2,1-2H3/t9-/m1/s1. The molecule has 1 saturated heterocycles. The summed E-state index contributed by atoms with van der Waals surface area (Å²) in [5, 5.41) is 0. The normalized spacial score (nSPS) is 21.8. The number of benzene rings is 1. The van der Waals surface area contributed by atoms with Crippen LogP contribution < -0.4 is 0 Å². The summed E-state index contributed by atoms with van der Waals surface area (Å²) in [6.45, 7) is 5.19. The predicted molar refractivity (Wildman–Crippen MR) is 44.6 cm³/mol. The molecule has 2 rings (SSSR count). The number of hydrogen-bond donors (Lipinski definition) is 0. The van der Waals surface area contributed by atoms with E-state index in [0.717, 1.165) is 6.61 Å². The van der Waals surface area contributed by atoms with Gasteiger partial charge in [0.15, 0.2) is 0 Å². The van der Waals surface area contributed by atoms with Crippen LogP contribution in [0.25, 0.3) is 0 Å². The van der Waals surface area contributed by atoms with E-state index in [1.54, 1.807) is 0 Å². The van der Waals surface area contributed by atoms with Crippen molar-refractivity contribution in [3.8, 4) is 0 Å². The van der Waals surface area contributed by atoms with E-state index in [-0.39, 0.29) is 0 Å². The summed E-state index contributed by atoms with van der Waals surface area (Å²) >= 11 is 0. The van der Waals surface area contributed by atoms with Gasteiger partial charge in [0.25, 0.3) is 0 Å². The monoisotopic (exact) mass is 148 g/mol. The summed E-state index contributed by atoms with van der Waals surface area (Å²) in [5.41, 5.74) is 4.10. The molecule has 1 aliphatic heterocycles. The third-order valence-electron chi connectivity index (χ3n) is 2.20. The minimum Gasteiger partial charge on any atom is -0.368 e. The van der Waals surface area contributed by atoms with E-state index >= 15 is 0 Å². The van der Waals surface area contributed by atoms with Gasteiger partial charge in [-0.25, -0.2) is 0 Å². The Morgan fingerprint density at radius 1 is 1.27 bits per heavy atom. The molecule has 58 valence electrons. The van der Waals surface area contributed by atoms with Crippen molar-refractivity contribution in [2.24, 2.45) is 0 Å². The third-order valence-corrected chi connectivity index (χ3v) is 2.20. The highest BCUT2D eigenvalue weighted by Crippen LogP contribution is 2.33. The highest BCUT2D eigenvalue weighted by Gasteiger charge is 2.27. The molecule has 11 heavy (non-hydrogen) atoms. The number of hydrogen-bond acceptors (Lipinski definition) is 1. The molecule has 0 radical (unpaired) electrons. The van der Waals surface area contributed by atoms with Crippen LogP contribution in [-0.2, 0) is 4.74 Å². The largest absolute Gasteiger partial charge is 0.368 e. The first kappa shape index (κ1) is 6.86. The van der Waals surface area contributed by atoms with E-state index < -0.39 is 0 Å². The SMILES string of the molecule is Cc1cccc(C)c1[C@H]1CO1. The molecule has 0 unspecified atom stereocenters. The van der Waals surface area contributed by atoms with Crippen LogP contribution in [0.3, 0.4) is 0 Å². The molecule has 0 saturated carbocycles. The summed E-state index contributed by atoms with van der Waals surface area (Å²) in [4.78, 5) is 0. The van der Waals surface area contributed by atoms with Crippen molar-refractivity contribution in [1.29, 1.82) is 0 Å². The summed E-state index contributed by atoms with van der Waals surface area (Å²) in [7, 11) is 0. The molecule has 1 aromatic rings. The first-order valence-electron chi connectivity index (χ1n) is 3.97. The number of aryl methyl sites for hydroxylation is 2. The van der Waals surface area contributed by atoms with Crippen LogP contribution >= 0.6 is 0 Å². The lowest BCUT2D eigenvalue weighted by atomic mass is 10.0. The van der Waals surface area contributed by atoms with Crippen molar-refractivity contribution in [3.63, 3.8) is 0 Å². The molecule has 1 atom stereocenters. The van der Waals surface area contributed by atoms with Crippen LogP contribution in [0.15, 0.2) is 18.2 Å². The first-order chi connectivity index (χ1) is 5.29. The minimum atomic E-state index is 0.399. The lowest BCUT2D eigenvalue weighted by Gasteiger charge is -2.04. The summed E-state index contributed by atoms with van der Waals surface area (Å²) in [5.74, 6) is 0. The van der Waals surface area contributed by atoms with E-state index in [9.17, 15) is 0 Å². The van der Waals surface area contributed by atoms with Gasteiger partial charge in [-0.15, -0.1) is 0 Å². The van der Waals surface area contributed by atoms with Crippen molar-refractivity contribution in [1.82, 2.24) is 0 Å². The molecule has 1 fully saturated rings. The smallest absolute Gasteiger partial charge is 0.106 e. The van der Waals surface area contributed by atoms with Gasteiger partial charge in [-0.05, 0) is 30.5 Å². The summed E-state index contributed by atoms with van der Waals surface area (Å²) in [6.07, 6.45) is 0.399. The number of epoxide rings is 1. The molecule has 1 aliphatic rings. The van der Waals surface area contributed by atoms with E-state index in [2.05, 4.69) is 32.0 Å². The fourth-order valence-electron chi connectivity index (χ4n) is 1.55. The zero-order valence-corrected chi connectivity index (χ0v) is 6.92. The molecule has 1 heterocycles. The maximum atomic E-state index is 5.26. The zero-order valence-electron chi connectivity index (χ0n) is 6.92. The van der Waals surface area contributed by atoms with Gasteiger partial charge < -0.3 is 4.74 Å². The molecule has 0 N–H and O–H groups in total. The van der Waals surface area contributed by atoms with Crippen molar-refractivity contribution < 1.29 is 4.74 Å². The van der Waals surface area contributed by atoms with Crippen LogP contribution in [0.4, 0.5) is 0 Å². The Morgan fingerprint density at radius 3 is 2.27 bits per heavy atom. The Hall–Kier alpha value is -0.820. The Labute approximate surface area is 67.0 Å². The molecule has 1 nitrogen and oxygen atoms in total. The topological polar surface area (TPSA) is 12.5 Å². The van der Waals surface area contributed by atoms with E-state index in [1.807, 2.05) is 0 Å². The van der Waals surface area contributed by atoms with E-state index in [1.165, 1.54) is 16.7 Å². The van der Waals surface area contributed by atoms with Gasteiger partial charge in [-0.1, -0.05) is 18.2 Å². The van der Waals surface area contributed by atoms with Crippen LogP contribution in [0.2, 0.25) is 0 Å². The fourth-order valence-corrected chi connectivity index (χ4v) is 1.55. The average molecular weight is 148 g/mol. The minimum absolute atomic E-state index is 0.399. The Kier molecular flexibility index (Phi) is 1.46. The Bertz CT molecular complexity index is 254. The maximum absolute atomic E-state index is 5.26. The van der Waals surface area contributed by atoms with Crippen LogP contribution in [0.1, 0.15) is 22.8 Å². The first-order valence-corrected chi connectivity index (χ1v) is 3.97. The van der Waals surface area contributed by atoms with Gasteiger partial charge in [0.05, 0.1) is 6.61 Å². The van der Waals surface area contributed by atoms with Gasteiger partial charge in [-0.3, -0.25) is 0 Å². The van der Waals surface area contributed by atoms with Gasteiger partial charge in [0.2, 0.25) is 0 Å². The van der Waals surface area contributed by atoms with Crippen molar-refractivity contribution in [2.45, 2.75) is 20.0 Å². The molecule has 0 spiro atoms. The lowest BCUT2D eigenvalue weighted by Crippen LogP contribution is -1.90. The predicted octanol–water partition coefficient (Wildman–Crippen LogP) is 2.37.